The van der Waals surface area contributed by atoms with Gasteiger partial charge in [0.25, 0.3) is 5.91 Å². The summed E-state index contributed by atoms with van der Waals surface area (Å²) in [6, 6.07) is 15.3. The first kappa shape index (κ1) is 23.9. The smallest absolute Gasteiger partial charge is 0.417 e. The van der Waals surface area contributed by atoms with Crippen molar-refractivity contribution < 1.29 is 32.2 Å². The number of Topliss-reactive ketones (excluding diaryl/α,β-unsaturated/α-hetero) is 1. The molecule has 186 valence electrons. The van der Waals surface area contributed by atoms with E-state index in [9.17, 15) is 22.8 Å². The lowest BCUT2D eigenvalue weighted by Gasteiger charge is -2.18. The van der Waals surface area contributed by atoms with Crippen LogP contribution in [0.15, 0.2) is 60.7 Å². The Morgan fingerprint density at radius 3 is 2.39 bits per heavy atom. The highest BCUT2D eigenvalue weighted by Gasteiger charge is 2.51. The van der Waals surface area contributed by atoms with Gasteiger partial charge in [-0.3, -0.25) is 9.59 Å². The molecular formula is C28H24F3NO4. The van der Waals surface area contributed by atoms with Crippen molar-refractivity contribution in [2.75, 3.05) is 20.9 Å². The van der Waals surface area contributed by atoms with E-state index in [0.717, 1.165) is 11.6 Å². The average molecular weight is 495 g/mol. The van der Waals surface area contributed by atoms with Crippen LogP contribution in [0, 0.1) is 0 Å². The predicted octanol–water partition coefficient (Wildman–Crippen LogP) is 5.65. The second kappa shape index (κ2) is 8.69. The van der Waals surface area contributed by atoms with Gasteiger partial charge in [-0.2, -0.15) is 13.2 Å². The Balaban J connectivity index is 1.47. The van der Waals surface area contributed by atoms with E-state index in [1.165, 1.54) is 29.2 Å². The topological polar surface area (TPSA) is 55.8 Å². The molecule has 0 bridgehead atoms. The SMILES string of the molecule is CN(C)C(=O)c1cccc(-c2cc(CC(=O)C3(c4ccc5c(c4)OCO5)CC3)ccc2C(F)(F)F)c1. The third kappa shape index (κ3) is 4.32. The van der Waals surface area contributed by atoms with Crippen LogP contribution in [0.3, 0.4) is 0 Å². The predicted molar refractivity (Wildman–Crippen MR) is 127 cm³/mol. The second-order valence-electron chi connectivity index (χ2n) is 9.41. The monoisotopic (exact) mass is 495 g/mol. The van der Waals surface area contributed by atoms with Crippen LogP contribution < -0.4 is 9.47 Å². The Morgan fingerprint density at radius 1 is 0.944 bits per heavy atom. The van der Waals surface area contributed by atoms with E-state index in [2.05, 4.69) is 0 Å². The minimum Gasteiger partial charge on any atom is -0.454 e. The summed E-state index contributed by atoms with van der Waals surface area (Å²) in [5.74, 6) is 0.861. The molecule has 8 heteroatoms. The highest BCUT2D eigenvalue weighted by atomic mass is 19.4. The molecule has 0 saturated heterocycles. The van der Waals surface area contributed by atoms with Crippen molar-refractivity contribution in [1.82, 2.24) is 4.90 Å². The number of hydrogen-bond donors (Lipinski definition) is 0. The summed E-state index contributed by atoms with van der Waals surface area (Å²) < 4.78 is 52.4. The molecule has 0 atom stereocenters. The molecule has 5 nitrogen and oxygen atoms in total. The molecule has 36 heavy (non-hydrogen) atoms. The van der Waals surface area contributed by atoms with E-state index in [0.29, 0.717) is 29.9 Å². The van der Waals surface area contributed by atoms with E-state index < -0.39 is 17.2 Å². The maximum atomic E-state index is 13.9. The summed E-state index contributed by atoms with van der Waals surface area (Å²) in [4.78, 5) is 27.2. The van der Waals surface area contributed by atoms with Crippen LogP contribution in [0.1, 0.15) is 39.9 Å². The molecule has 3 aromatic rings. The summed E-state index contributed by atoms with van der Waals surface area (Å²) >= 11 is 0. The third-order valence-corrected chi connectivity index (χ3v) is 6.79. The standard InChI is InChI=1S/C28H24F3NO4/c1-32(2)26(34)19-5-3-4-18(14-19)21-12-17(6-8-22(21)28(29,30)31)13-25(33)27(10-11-27)20-7-9-23-24(15-20)36-16-35-23/h3-9,12,14-15H,10-11,13,16H2,1-2H3. The maximum absolute atomic E-state index is 13.9. The maximum Gasteiger partial charge on any atom is 0.417 e. The molecule has 1 saturated carbocycles. The number of carbonyl (C=O) groups is 2. The van der Waals surface area contributed by atoms with Gasteiger partial charge in [0.1, 0.15) is 5.78 Å². The Hall–Kier alpha value is -3.81. The number of ether oxygens (including phenoxy) is 2. The molecule has 0 unspecified atom stereocenters. The number of ketones is 1. The fraction of sp³-hybridized carbons (Fsp3) is 0.286. The van der Waals surface area contributed by atoms with Gasteiger partial charge in [0.05, 0.1) is 11.0 Å². The minimum atomic E-state index is -4.59. The number of halogens is 3. The second-order valence-corrected chi connectivity index (χ2v) is 9.41. The van der Waals surface area contributed by atoms with Gasteiger partial charge in [0.2, 0.25) is 6.79 Å². The van der Waals surface area contributed by atoms with Crippen LogP contribution in [-0.4, -0.2) is 37.5 Å². The van der Waals surface area contributed by atoms with Gasteiger partial charge in [-0.15, -0.1) is 0 Å². The summed E-state index contributed by atoms with van der Waals surface area (Å²) in [6.07, 6.45) is -3.25. The first-order chi connectivity index (χ1) is 17.1. The minimum absolute atomic E-state index is 0.00407. The van der Waals surface area contributed by atoms with Crippen LogP contribution in [0.2, 0.25) is 0 Å². The first-order valence-electron chi connectivity index (χ1n) is 11.5. The number of benzene rings is 3. The summed E-state index contributed by atoms with van der Waals surface area (Å²) in [7, 11) is 3.16. The normalized spacial score (nSPS) is 15.5. The van der Waals surface area contributed by atoms with Crippen LogP contribution >= 0.6 is 0 Å². The Kier molecular flexibility index (Phi) is 5.77. The number of rotatable bonds is 6. The molecule has 0 aromatic heterocycles. The van der Waals surface area contributed by atoms with Crippen LogP contribution in [0.5, 0.6) is 11.5 Å². The zero-order valence-electron chi connectivity index (χ0n) is 19.8. The number of carbonyl (C=O) groups excluding carboxylic acids is 2. The highest BCUT2D eigenvalue weighted by Crippen LogP contribution is 2.51. The van der Waals surface area contributed by atoms with Gasteiger partial charge in [-0.1, -0.05) is 30.3 Å². The summed E-state index contributed by atoms with van der Waals surface area (Å²) in [5.41, 5.74) is 0.326. The number of hydrogen-bond acceptors (Lipinski definition) is 4. The third-order valence-electron chi connectivity index (χ3n) is 6.79. The first-order valence-corrected chi connectivity index (χ1v) is 11.5. The number of fused-ring (bicyclic) bond motifs is 1. The van der Waals surface area contributed by atoms with Crippen molar-refractivity contribution in [2.24, 2.45) is 0 Å². The number of amides is 1. The van der Waals surface area contributed by atoms with Crippen molar-refractivity contribution in [2.45, 2.75) is 30.9 Å². The molecule has 0 spiro atoms. The van der Waals surface area contributed by atoms with Crippen LogP contribution in [0.4, 0.5) is 13.2 Å². The molecule has 1 aliphatic heterocycles. The van der Waals surface area contributed by atoms with Gasteiger partial charge in [0.15, 0.2) is 11.5 Å². The lowest BCUT2D eigenvalue weighted by atomic mass is 9.86. The van der Waals surface area contributed by atoms with Gasteiger partial charge in [-0.05, 0) is 65.4 Å². The van der Waals surface area contributed by atoms with Crippen molar-refractivity contribution in [1.29, 1.82) is 0 Å². The van der Waals surface area contributed by atoms with Crippen molar-refractivity contribution >= 4 is 11.7 Å². The molecule has 1 aliphatic carbocycles. The van der Waals surface area contributed by atoms with Crippen molar-refractivity contribution in [3.05, 3.63) is 82.9 Å². The van der Waals surface area contributed by atoms with E-state index in [4.69, 9.17) is 9.47 Å². The van der Waals surface area contributed by atoms with Crippen LogP contribution in [-0.2, 0) is 22.8 Å². The number of alkyl halides is 3. The molecule has 1 amide bonds. The van der Waals surface area contributed by atoms with Gasteiger partial charge in [-0.25, -0.2) is 0 Å². The molecular weight excluding hydrogens is 471 g/mol. The van der Waals surface area contributed by atoms with Crippen molar-refractivity contribution in [3.8, 4) is 22.6 Å². The van der Waals surface area contributed by atoms with E-state index in [1.54, 1.807) is 32.3 Å². The van der Waals surface area contributed by atoms with E-state index in [1.807, 2.05) is 12.1 Å². The lowest BCUT2D eigenvalue weighted by Crippen LogP contribution is -2.22. The fourth-order valence-electron chi connectivity index (χ4n) is 4.67. The molecule has 0 N–H and O–H groups in total. The highest BCUT2D eigenvalue weighted by molar-refractivity contribution is 5.96. The molecule has 1 heterocycles. The molecule has 2 aliphatic rings. The Labute approximate surface area is 206 Å². The fourth-order valence-corrected chi connectivity index (χ4v) is 4.67. The lowest BCUT2D eigenvalue weighted by molar-refractivity contribution is -0.137. The molecule has 5 rings (SSSR count). The van der Waals surface area contributed by atoms with Gasteiger partial charge in [0, 0.05) is 26.1 Å². The van der Waals surface area contributed by atoms with Gasteiger partial charge >= 0.3 is 6.18 Å². The summed E-state index contributed by atoms with van der Waals surface area (Å²) in [6.45, 7) is 0.134. The quantitative estimate of drug-likeness (QED) is 0.444. The number of nitrogens with zero attached hydrogens (tertiary/aromatic N) is 1. The average Bonchev–Trinajstić information content (AvgIpc) is 3.53. The largest absolute Gasteiger partial charge is 0.454 e. The van der Waals surface area contributed by atoms with Crippen LogP contribution in [0.25, 0.3) is 11.1 Å². The Morgan fingerprint density at radius 2 is 1.69 bits per heavy atom. The molecule has 0 radical (unpaired) electrons. The molecule has 3 aromatic carbocycles. The summed E-state index contributed by atoms with van der Waals surface area (Å²) in [5, 5.41) is 0. The van der Waals surface area contributed by atoms with Gasteiger partial charge < -0.3 is 14.4 Å². The van der Waals surface area contributed by atoms with Crippen molar-refractivity contribution in [3.63, 3.8) is 0 Å². The zero-order valence-corrected chi connectivity index (χ0v) is 19.8. The van der Waals surface area contributed by atoms with E-state index >= 15 is 0 Å². The molecule has 1 fully saturated rings. The Bertz CT molecular complexity index is 1360. The zero-order chi connectivity index (χ0) is 25.7. The van der Waals surface area contributed by atoms with E-state index in [-0.39, 0.29) is 41.6 Å².